The predicted molar refractivity (Wildman–Crippen MR) is 51.7 cm³/mol. The highest BCUT2D eigenvalue weighted by atomic mass is 32.2. The van der Waals surface area contributed by atoms with Gasteiger partial charge in [-0.3, -0.25) is 5.10 Å². The lowest BCUT2D eigenvalue weighted by Crippen LogP contribution is -2.14. The summed E-state index contributed by atoms with van der Waals surface area (Å²) in [5.74, 6) is 0.273. The number of rotatable bonds is 4. The lowest BCUT2D eigenvalue weighted by Gasteiger charge is -2.00. The molecule has 5 nitrogen and oxygen atoms in total. The fourth-order valence-electron chi connectivity index (χ4n) is 0.811. The molecule has 1 N–H and O–H groups in total. The molecule has 74 valence electrons. The summed E-state index contributed by atoms with van der Waals surface area (Å²) in [6.07, 6.45) is 1.49. The zero-order chi connectivity index (χ0) is 9.90. The van der Waals surface area contributed by atoms with Crippen LogP contribution in [-0.2, 0) is 16.4 Å². The van der Waals surface area contributed by atoms with Gasteiger partial charge in [-0.25, -0.2) is 8.42 Å². The lowest BCUT2D eigenvalue weighted by molar-refractivity contribution is 0.589. The van der Waals surface area contributed by atoms with E-state index >= 15 is 0 Å². The molecule has 1 aromatic heterocycles. The smallest absolute Gasteiger partial charge is 0.194 e. The zero-order valence-corrected chi connectivity index (χ0v) is 8.86. The Labute approximate surface area is 81.7 Å². The topological polar surface area (TPSA) is 67.8 Å². The van der Waals surface area contributed by atoms with Gasteiger partial charge in [-0.2, -0.15) is 5.10 Å². The monoisotopic (exact) mass is 221 g/mol. The first-order chi connectivity index (χ1) is 6.05. The first kappa shape index (κ1) is 10.4. The molecule has 0 unspecified atom stereocenters. The van der Waals surface area contributed by atoms with E-state index in [4.69, 9.17) is 12.2 Å². The molecule has 0 atom stereocenters. The molecule has 1 rings (SSSR count). The molecule has 13 heavy (non-hydrogen) atoms. The van der Waals surface area contributed by atoms with Crippen LogP contribution in [-0.4, -0.2) is 34.7 Å². The van der Waals surface area contributed by atoms with Gasteiger partial charge in [0.15, 0.2) is 14.6 Å². The van der Waals surface area contributed by atoms with Crippen LogP contribution in [0.3, 0.4) is 0 Å². The third-order valence-corrected chi connectivity index (χ3v) is 3.71. The summed E-state index contributed by atoms with van der Waals surface area (Å²) in [6.45, 7) is 2.00. The Morgan fingerprint density at radius 1 is 1.69 bits per heavy atom. The highest BCUT2D eigenvalue weighted by Crippen LogP contribution is 1.94. The quantitative estimate of drug-likeness (QED) is 0.746. The van der Waals surface area contributed by atoms with Crippen molar-refractivity contribution in [1.29, 1.82) is 0 Å². The molecule has 0 aromatic carbocycles. The van der Waals surface area contributed by atoms with E-state index in [1.807, 2.05) is 0 Å². The number of nitrogens with one attached hydrogen (secondary N) is 1. The summed E-state index contributed by atoms with van der Waals surface area (Å²) < 4.78 is 24.3. The summed E-state index contributed by atoms with van der Waals surface area (Å²) in [5.41, 5.74) is 0. The van der Waals surface area contributed by atoms with Crippen LogP contribution in [0.25, 0.3) is 0 Å². The highest BCUT2D eigenvalue weighted by Gasteiger charge is 2.07. The number of nitrogens with zero attached hydrogens (tertiary/aromatic N) is 2. The van der Waals surface area contributed by atoms with E-state index in [-0.39, 0.29) is 11.5 Å². The van der Waals surface area contributed by atoms with Crippen molar-refractivity contribution < 1.29 is 8.42 Å². The van der Waals surface area contributed by atoms with E-state index in [0.29, 0.717) is 11.3 Å². The SMILES string of the molecule is CCS(=O)(=O)CCn1cn[nH]c1=S. The number of aromatic amines is 1. The van der Waals surface area contributed by atoms with Gasteiger partial charge in [0, 0.05) is 12.3 Å². The number of H-pyrrole nitrogens is 1. The maximum absolute atomic E-state index is 11.1. The van der Waals surface area contributed by atoms with Crippen molar-refractivity contribution in [2.24, 2.45) is 0 Å². The van der Waals surface area contributed by atoms with Crippen molar-refractivity contribution >= 4 is 22.1 Å². The van der Waals surface area contributed by atoms with Crippen molar-refractivity contribution in [3.8, 4) is 0 Å². The van der Waals surface area contributed by atoms with Crippen LogP contribution in [0.4, 0.5) is 0 Å². The average molecular weight is 221 g/mol. The molecule has 0 aliphatic carbocycles. The molecule has 0 fully saturated rings. The number of sulfone groups is 1. The first-order valence-corrected chi connectivity index (χ1v) is 6.08. The second-order valence-corrected chi connectivity index (χ2v) is 5.45. The van der Waals surface area contributed by atoms with Gasteiger partial charge in [0.2, 0.25) is 0 Å². The third-order valence-electron chi connectivity index (χ3n) is 1.70. The van der Waals surface area contributed by atoms with Crippen LogP contribution in [0, 0.1) is 4.77 Å². The fraction of sp³-hybridized carbons (Fsp3) is 0.667. The Morgan fingerprint density at radius 3 is 2.85 bits per heavy atom. The molecule has 1 aromatic rings. The van der Waals surface area contributed by atoms with Gasteiger partial charge in [-0.05, 0) is 12.2 Å². The molecule has 0 saturated heterocycles. The Bertz CT molecular complexity index is 417. The van der Waals surface area contributed by atoms with E-state index in [2.05, 4.69) is 10.2 Å². The molecular weight excluding hydrogens is 210 g/mol. The Balaban J connectivity index is 2.64. The van der Waals surface area contributed by atoms with Gasteiger partial charge in [0.1, 0.15) is 6.33 Å². The third kappa shape index (κ3) is 2.92. The van der Waals surface area contributed by atoms with Crippen LogP contribution in [0.1, 0.15) is 6.92 Å². The number of aryl methyl sites for hydroxylation is 1. The summed E-state index contributed by atoms with van der Waals surface area (Å²) >= 11 is 4.86. The number of hydrogen-bond acceptors (Lipinski definition) is 4. The van der Waals surface area contributed by atoms with E-state index in [1.165, 1.54) is 6.33 Å². The molecule has 0 aliphatic heterocycles. The molecule has 0 saturated carbocycles. The van der Waals surface area contributed by atoms with Crippen LogP contribution in [0.15, 0.2) is 6.33 Å². The molecule has 0 aliphatic rings. The van der Waals surface area contributed by atoms with Crippen LogP contribution >= 0.6 is 12.2 Å². The van der Waals surface area contributed by atoms with Gasteiger partial charge in [0.05, 0.1) is 5.75 Å². The van der Waals surface area contributed by atoms with Gasteiger partial charge in [-0.1, -0.05) is 6.92 Å². The summed E-state index contributed by atoms with van der Waals surface area (Å²) in [6, 6.07) is 0. The van der Waals surface area contributed by atoms with Crippen molar-refractivity contribution in [3.05, 3.63) is 11.1 Å². The van der Waals surface area contributed by atoms with Crippen LogP contribution < -0.4 is 0 Å². The van der Waals surface area contributed by atoms with Gasteiger partial charge >= 0.3 is 0 Å². The second-order valence-electron chi connectivity index (χ2n) is 2.59. The molecule has 1 heterocycles. The summed E-state index contributed by atoms with van der Waals surface area (Å²) in [7, 11) is -2.92. The summed E-state index contributed by atoms with van der Waals surface area (Å²) in [5, 5.41) is 6.24. The number of aromatic nitrogens is 3. The molecule has 0 radical (unpaired) electrons. The average Bonchev–Trinajstić information content (AvgIpc) is 2.48. The minimum atomic E-state index is -2.92. The molecule has 0 bridgehead atoms. The fourth-order valence-corrected chi connectivity index (χ4v) is 1.77. The minimum absolute atomic E-state index is 0.108. The molecule has 0 spiro atoms. The zero-order valence-electron chi connectivity index (χ0n) is 7.23. The van der Waals surface area contributed by atoms with Crippen molar-refractivity contribution in [1.82, 2.24) is 14.8 Å². The van der Waals surface area contributed by atoms with E-state index in [1.54, 1.807) is 11.5 Å². The van der Waals surface area contributed by atoms with Crippen molar-refractivity contribution in [3.63, 3.8) is 0 Å². The van der Waals surface area contributed by atoms with Crippen LogP contribution in [0.5, 0.6) is 0 Å². The van der Waals surface area contributed by atoms with Gasteiger partial charge in [0.25, 0.3) is 0 Å². The molecule has 0 amide bonds. The highest BCUT2D eigenvalue weighted by molar-refractivity contribution is 7.91. The van der Waals surface area contributed by atoms with Crippen molar-refractivity contribution in [2.45, 2.75) is 13.5 Å². The van der Waals surface area contributed by atoms with Crippen molar-refractivity contribution in [2.75, 3.05) is 11.5 Å². The Kier molecular flexibility index (Phi) is 3.21. The largest absolute Gasteiger partial charge is 0.306 e. The minimum Gasteiger partial charge on any atom is -0.306 e. The standard InChI is InChI=1S/C6H11N3O2S2/c1-2-13(10,11)4-3-9-5-7-8-6(9)12/h5H,2-4H2,1H3,(H,8,12). The van der Waals surface area contributed by atoms with E-state index in [0.717, 1.165) is 0 Å². The molecule has 7 heteroatoms. The van der Waals surface area contributed by atoms with Gasteiger partial charge in [-0.15, -0.1) is 0 Å². The maximum Gasteiger partial charge on any atom is 0.194 e. The van der Waals surface area contributed by atoms with Crippen LogP contribution in [0.2, 0.25) is 0 Å². The Morgan fingerprint density at radius 2 is 2.38 bits per heavy atom. The number of hydrogen-bond donors (Lipinski definition) is 1. The lowest BCUT2D eigenvalue weighted by atomic mass is 10.7. The van der Waals surface area contributed by atoms with Gasteiger partial charge < -0.3 is 4.57 Å². The maximum atomic E-state index is 11.1. The van der Waals surface area contributed by atoms with E-state index in [9.17, 15) is 8.42 Å². The predicted octanol–water partition coefficient (Wildman–Crippen LogP) is 0.375. The normalized spacial score (nSPS) is 11.8. The second kappa shape index (κ2) is 4.01. The molecular formula is C6H11N3O2S2. The first-order valence-electron chi connectivity index (χ1n) is 3.85. The van der Waals surface area contributed by atoms with E-state index < -0.39 is 9.84 Å². The Hall–Kier alpha value is -0.690. The summed E-state index contributed by atoms with van der Waals surface area (Å²) in [4.78, 5) is 0.